The topological polar surface area (TPSA) is 77.2 Å². The Morgan fingerprint density at radius 2 is 2.08 bits per heavy atom. The Hall–Kier alpha value is -2.86. The molecular formula is C18H16ClN3O3. The monoisotopic (exact) mass is 357 g/mol. The van der Waals surface area contributed by atoms with E-state index in [4.69, 9.17) is 20.9 Å². The van der Waals surface area contributed by atoms with Crippen LogP contribution in [0.5, 0.6) is 5.75 Å². The summed E-state index contributed by atoms with van der Waals surface area (Å²) in [5.41, 5.74) is 1.88. The van der Waals surface area contributed by atoms with Gasteiger partial charge in [-0.3, -0.25) is 4.79 Å². The van der Waals surface area contributed by atoms with E-state index in [1.807, 2.05) is 24.3 Å². The lowest BCUT2D eigenvalue weighted by molar-refractivity contribution is 0.102. The summed E-state index contributed by atoms with van der Waals surface area (Å²) in [5, 5.41) is 7.13. The van der Waals surface area contributed by atoms with Crippen LogP contribution in [-0.4, -0.2) is 23.2 Å². The number of anilines is 1. The molecule has 1 amide bonds. The van der Waals surface area contributed by atoms with Crippen LogP contribution in [0.4, 0.5) is 5.69 Å². The van der Waals surface area contributed by atoms with Crippen LogP contribution >= 0.6 is 11.6 Å². The molecular weight excluding hydrogens is 342 g/mol. The Morgan fingerprint density at radius 1 is 1.28 bits per heavy atom. The van der Waals surface area contributed by atoms with Gasteiger partial charge in [-0.25, -0.2) is 0 Å². The molecule has 0 aliphatic heterocycles. The van der Waals surface area contributed by atoms with Crippen LogP contribution in [0.15, 0.2) is 47.0 Å². The van der Waals surface area contributed by atoms with Crippen molar-refractivity contribution >= 4 is 23.2 Å². The molecule has 0 unspecified atom stereocenters. The van der Waals surface area contributed by atoms with E-state index in [1.165, 1.54) is 7.11 Å². The van der Waals surface area contributed by atoms with E-state index in [0.717, 1.165) is 5.56 Å². The predicted octanol–water partition coefficient (Wildman–Crippen LogP) is 3.88. The zero-order valence-corrected chi connectivity index (χ0v) is 14.5. The molecule has 1 N–H and O–H groups in total. The van der Waals surface area contributed by atoms with Crippen molar-refractivity contribution in [2.75, 3.05) is 12.4 Å². The van der Waals surface area contributed by atoms with Gasteiger partial charge in [-0.2, -0.15) is 4.98 Å². The number of para-hydroxylation sites is 1. The molecule has 3 aromatic rings. The molecule has 0 aliphatic rings. The molecule has 1 aromatic heterocycles. The van der Waals surface area contributed by atoms with Gasteiger partial charge >= 0.3 is 0 Å². The average Bonchev–Trinajstić information content (AvgIpc) is 3.01. The van der Waals surface area contributed by atoms with Crippen molar-refractivity contribution in [2.45, 2.75) is 13.3 Å². The molecule has 2 aromatic carbocycles. The van der Waals surface area contributed by atoms with Crippen molar-refractivity contribution in [3.05, 3.63) is 70.3 Å². The maximum Gasteiger partial charge on any atom is 0.259 e. The highest BCUT2D eigenvalue weighted by Crippen LogP contribution is 2.25. The third-order valence-electron chi connectivity index (χ3n) is 3.58. The molecule has 7 heteroatoms. The van der Waals surface area contributed by atoms with Gasteiger partial charge in [0.15, 0.2) is 5.82 Å². The van der Waals surface area contributed by atoms with Crippen LogP contribution in [0.2, 0.25) is 5.02 Å². The predicted molar refractivity (Wildman–Crippen MR) is 94.2 cm³/mol. The van der Waals surface area contributed by atoms with Gasteiger partial charge < -0.3 is 14.6 Å². The van der Waals surface area contributed by atoms with Crippen LogP contribution in [0.3, 0.4) is 0 Å². The normalized spacial score (nSPS) is 10.5. The van der Waals surface area contributed by atoms with Gasteiger partial charge in [0.1, 0.15) is 5.75 Å². The molecule has 128 valence electrons. The van der Waals surface area contributed by atoms with Crippen molar-refractivity contribution in [3.63, 3.8) is 0 Å². The van der Waals surface area contributed by atoms with Gasteiger partial charge in [0.25, 0.3) is 5.91 Å². The number of carbonyl (C=O) groups is 1. The van der Waals surface area contributed by atoms with Gasteiger partial charge in [0, 0.05) is 10.7 Å². The number of aromatic nitrogens is 2. The van der Waals surface area contributed by atoms with Crippen molar-refractivity contribution in [3.8, 4) is 5.75 Å². The zero-order chi connectivity index (χ0) is 17.8. The quantitative estimate of drug-likeness (QED) is 0.749. The van der Waals surface area contributed by atoms with Gasteiger partial charge in [0.2, 0.25) is 5.89 Å². The fourth-order valence-corrected chi connectivity index (χ4v) is 2.59. The van der Waals surface area contributed by atoms with E-state index >= 15 is 0 Å². The molecule has 6 nitrogen and oxygen atoms in total. The smallest absolute Gasteiger partial charge is 0.259 e. The summed E-state index contributed by atoms with van der Waals surface area (Å²) in [6.45, 7) is 1.76. The van der Waals surface area contributed by atoms with Crippen LogP contribution in [-0.2, 0) is 6.42 Å². The molecule has 0 bridgehead atoms. The highest BCUT2D eigenvalue weighted by molar-refractivity contribution is 6.31. The first-order valence-electron chi connectivity index (χ1n) is 7.59. The van der Waals surface area contributed by atoms with Gasteiger partial charge in [-0.1, -0.05) is 35.0 Å². The molecule has 0 spiro atoms. The maximum absolute atomic E-state index is 12.7. The number of hydrogen-bond donors (Lipinski definition) is 1. The summed E-state index contributed by atoms with van der Waals surface area (Å²) in [4.78, 5) is 16.8. The van der Waals surface area contributed by atoms with Crippen LogP contribution in [0.1, 0.15) is 27.6 Å². The number of hydrogen-bond acceptors (Lipinski definition) is 5. The van der Waals surface area contributed by atoms with Crippen molar-refractivity contribution < 1.29 is 14.1 Å². The highest BCUT2D eigenvalue weighted by Gasteiger charge is 2.15. The third kappa shape index (κ3) is 3.97. The molecule has 25 heavy (non-hydrogen) atoms. The van der Waals surface area contributed by atoms with E-state index in [1.54, 1.807) is 25.1 Å². The van der Waals surface area contributed by atoms with Gasteiger partial charge in [0.05, 0.1) is 19.1 Å². The number of methoxy groups -OCH3 is 1. The first kappa shape index (κ1) is 17.0. The van der Waals surface area contributed by atoms with Gasteiger partial charge in [-0.15, -0.1) is 0 Å². The van der Waals surface area contributed by atoms with Crippen LogP contribution in [0, 0.1) is 6.92 Å². The lowest BCUT2D eigenvalue weighted by Gasteiger charge is -2.12. The van der Waals surface area contributed by atoms with Crippen molar-refractivity contribution in [1.29, 1.82) is 0 Å². The molecule has 0 fully saturated rings. The minimum Gasteiger partial charge on any atom is -0.496 e. The number of nitrogens with one attached hydrogen (secondary N) is 1. The first-order valence-corrected chi connectivity index (χ1v) is 7.96. The number of benzene rings is 2. The number of rotatable bonds is 5. The fourth-order valence-electron chi connectivity index (χ4n) is 2.42. The molecule has 0 saturated heterocycles. The minimum atomic E-state index is -0.312. The second-order valence-electron chi connectivity index (χ2n) is 5.37. The largest absolute Gasteiger partial charge is 0.496 e. The maximum atomic E-state index is 12.7. The molecule has 0 saturated carbocycles. The number of ether oxygens (including phenoxy) is 1. The Labute approximate surface area is 149 Å². The van der Waals surface area contributed by atoms with E-state index < -0.39 is 0 Å². The first-order chi connectivity index (χ1) is 12.1. The van der Waals surface area contributed by atoms with E-state index in [2.05, 4.69) is 15.5 Å². The third-order valence-corrected chi connectivity index (χ3v) is 3.82. The second kappa shape index (κ2) is 7.36. The standard InChI is InChI=1S/C18H16ClN3O3/c1-11-20-17(25-22-11)9-12-5-3-4-6-15(12)21-18(23)14-10-13(19)7-8-16(14)24-2/h3-8,10H,9H2,1-2H3,(H,21,23). The summed E-state index contributed by atoms with van der Waals surface area (Å²) in [6, 6.07) is 12.3. The second-order valence-corrected chi connectivity index (χ2v) is 5.80. The number of aryl methyl sites for hydroxylation is 1. The Balaban J connectivity index is 1.86. The SMILES string of the molecule is COc1ccc(Cl)cc1C(=O)Nc1ccccc1Cc1nc(C)no1. The summed E-state index contributed by atoms with van der Waals surface area (Å²) in [7, 11) is 1.51. The van der Waals surface area contributed by atoms with Crippen LogP contribution in [0.25, 0.3) is 0 Å². The van der Waals surface area contributed by atoms with E-state index in [0.29, 0.717) is 40.2 Å². The summed E-state index contributed by atoms with van der Waals surface area (Å²) in [5.74, 6) is 1.19. The Bertz CT molecular complexity index is 908. The fraction of sp³-hybridized carbons (Fsp3) is 0.167. The lowest BCUT2D eigenvalue weighted by Crippen LogP contribution is -2.14. The van der Waals surface area contributed by atoms with Crippen molar-refractivity contribution in [1.82, 2.24) is 10.1 Å². The van der Waals surface area contributed by atoms with Crippen molar-refractivity contribution in [2.24, 2.45) is 0 Å². The summed E-state index contributed by atoms with van der Waals surface area (Å²) < 4.78 is 10.4. The summed E-state index contributed by atoms with van der Waals surface area (Å²) >= 11 is 6.00. The van der Waals surface area contributed by atoms with E-state index in [-0.39, 0.29) is 5.91 Å². The molecule has 0 atom stereocenters. The molecule has 3 rings (SSSR count). The average molecular weight is 358 g/mol. The van der Waals surface area contributed by atoms with Gasteiger partial charge in [-0.05, 0) is 36.8 Å². The highest BCUT2D eigenvalue weighted by atomic mass is 35.5. The minimum absolute atomic E-state index is 0.312. The number of halogens is 1. The number of amides is 1. The molecule has 0 aliphatic carbocycles. The Kier molecular flexibility index (Phi) is 5.00. The number of carbonyl (C=O) groups excluding carboxylic acids is 1. The van der Waals surface area contributed by atoms with E-state index in [9.17, 15) is 4.79 Å². The number of nitrogens with zero attached hydrogens (tertiary/aromatic N) is 2. The molecule has 0 radical (unpaired) electrons. The van der Waals surface area contributed by atoms with Crippen LogP contribution < -0.4 is 10.1 Å². The molecule has 1 heterocycles. The zero-order valence-electron chi connectivity index (χ0n) is 13.7. The lowest BCUT2D eigenvalue weighted by atomic mass is 10.1. The summed E-state index contributed by atoms with van der Waals surface area (Å²) in [6.07, 6.45) is 0.421. The Morgan fingerprint density at radius 3 is 2.80 bits per heavy atom.